The van der Waals surface area contributed by atoms with Gasteiger partial charge >= 0.3 is 0 Å². The summed E-state index contributed by atoms with van der Waals surface area (Å²) in [4.78, 5) is 7.04. The van der Waals surface area contributed by atoms with Crippen molar-refractivity contribution in [1.82, 2.24) is 15.0 Å². The second-order valence-corrected chi connectivity index (χ2v) is 7.43. The Morgan fingerprint density at radius 1 is 1.25 bits per heavy atom. The monoisotopic (exact) mass is 337 g/mol. The number of hydrogen-bond donors (Lipinski definition) is 0. The predicted octanol–water partition coefficient (Wildman–Crippen LogP) is 2.47. The molecule has 0 aliphatic carbocycles. The molecule has 24 heavy (non-hydrogen) atoms. The van der Waals surface area contributed by atoms with E-state index >= 15 is 0 Å². The first-order valence-corrected chi connectivity index (χ1v) is 9.45. The smallest absolute Gasteiger partial charge is 0.226 e. The molecule has 0 spiro atoms. The second-order valence-electron chi connectivity index (χ2n) is 7.43. The van der Waals surface area contributed by atoms with Crippen molar-refractivity contribution in [3.05, 3.63) is 11.7 Å². The van der Waals surface area contributed by atoms with E-state index in [1.807, 2.05) is 0 Å². The van der Waals surface area contributed by atoms with Crippen molar-refractivity contribution in [2.24, 2.45) is 5.92 Å². The van der Waals surface area contributed by atoms with Gasteiger partial charge in [-0.2, -0.15) is 4.98 Å². The zero-order valence-corrected chi connectivity index (χ0v) is 15.1. The van der Waals surface area contributed by atoms with Crippen molar-refractivity contribution in [2.75, 3.05) is 32.9 Å². The van der Waals surface area contributed by atoms with E-state index < -0.39 is 0 Å². The van der Waals surface area contributed by atoms with Gasteiger partial charge in [-0.3, -0.25) is 4.90 Å². The number of aromatic nitrogens is 2. The molecule has 1 atom stereocenters. The molecular formula is C18H31N3O3. The molecule has 6 heteroatoms. The van der Waals surface area contributed by atoms with Crippen LogP contribution < -0.4 is 0 Å². The van der Waals surface area contributed by atoms with E-state index in [0.717, 1.165) is 63.6 Å². The normalized spacial score (nSPS) is 23.9. The van der Waals surface area contributed by atoms with Gasteiger partial charge in [-0.05, 0) is 38.1 Å². The lowest BCUT2D eigenvalue weighted by atomic mass is 10.0. The summed E-state index contributed by atoms with van der Waals surface area (Å²) in [5.74, 6) is 2.04. The van der Waals surface area contributed by atoms with Crippen molar-refractivity contribution >= 4 is 0 Å². The van der Waals surface area contributed by atoms with Crippen LogP contribution in [-0.4, -0.2) is 60.1 Å². The Morgan fingerprint density at radius 3 is 2.88 bits per heavy atom. The van der Waals surface area contributed by atoms with E-state index in [-0.39, 0.29) is 0 Å². The number of rotatable bonds is 7. The maximum Gasteiger partial charge on any atom is 0.226 e. The molecule has 0 bridgehead atoms. The molecule has 1 aromatic rings. The number of hydrogen-bond acceptors (Lipinski definition) is 6. The molecule has 3 rings (SSSR count). The van der Waals surface area contributed by atoms with E-state index in [2.05, 4.69) is 28.9 Å². The van der Waals surface area contributed by atoms with Gasteiger partial charge in [0.1, 0.15) is 0 Å². The second kappa shape index (κ2) is 8.92. The third kappa shape index (κ3) is 5.26. The average Bonchev–Trinajstić information content (AvgIpc) is 3.02. The SMILES string of the molecule is CC(C)Cc1nc(CCOC2CCCN(C3CCOCC3)C2)no1. The van der Waals surface area contributed by atoms with Crippen molar-refractivity contribution in [1.29, 1.82) is 0 Å². The Morgan fingerprint density at radius 2 is 2.08 bits per heavy atom. The number of likely N-dealkylation sites (tertiary alicyclic amines) is 1. The summed E-state index contributed by atoms with van der Waals surface area (Å²) in [7, 11) is 0. The summed E-state index contributed by atoms with van der Waals surface area (Å²) >= 11 is 0. The van der Waals surface area contributed by atoms with Crippen LogP contribution in [0.3, 0.4) is 0 Å². The van der Waals surface area contributed by atoms with E-state index in [1.165, 1.54) is 13.0 Å². The Labute approximate surface area is 144 Å². The van der Waals surface area contributed by atoms with Crippen LogP contribution in [0.5, 0.6) is 0 Å². The van der Waals surface area contributed by atoms with E-state index in [1.54, 1.807) is 0 Å². The molecule has 0 aromatic carbocycles. The van der Waals surface area contributed by atoms with Gasteiger partial charge in [0.2, 0.25) is 5.89 Å². The van der Waals surface area contributed by atoms with Crippen LogP contribution in [0.15, 0.2) is 4.52 Å². The van der Waals surface area contributed by atoms with Crippen molar-refractivity contribution in [3.63, 3.8) is 0 Å². The molecule has 2 aliphatic heterocycles. The Bertz CT molecular complexity index is 486. The first kappa shape index (κ1) is 17.8. The fourth-order valence-corrected chi connectivity index (χ4v) is 3.62. The summed E-state index contributed by atoms with van der Waals surface area (Å²) in [5, 5.41) is 4.05. The molecular weight excluding hydrogens is 306 g/mol. The molecule has 6 nitrogen and oxygen atoms in total. The molecule has 0 N–H and O–H groups in total. The summed E-state index contributed by atoms with van der Waals surface area (Å²) in [6, 6.07) is 0.681. The molecule has 2 aliphatic rings. The minimum atomic E-state index is 0.337. The molecule has 136 valence electrons. The highest BCUT2D eigenvalue weighted by molar-refractivity contribution is 4.88. The third-order valence-corrected chi connectivity index (χ3v) is 4.89. The number of nitrogens with zero attached hydrogens (tertiary/aromatic N) is 3. The molecule has 0 amide bonds. The maximum absolute atomic E-state index is 6.10. The van der Waals surface area contributed by atoms with E-state index in [9.17, 15) is 0 Å². The van der Waals surface area contributed by atoms with Crippen LogP contribution in [0.25, 0.3) is 0 Å². The Kier molecular flexibility index (Phi) is 6.63. The van der Waals surface area contributed by atoms with Crippen LogP contribution in [-0.2, 0) is 22.3 Å². The van der Waals surface area contributed by atoms with Gasteiger partial charge in [0.05, 0.1) is 12.7 Å². The molecule has 3 heterocycles. The largest absolute Gasteiger partial charge is 0.381 e. The molecule has 0 saturated carbocycles. The van der Waals surface area contributed by atoms with E-state index in [0.29, 0.717) is 24.7 Å². The predicted molar refractivity (Wildman–Crippen MR) is 90.9 cm³/mol. The summed E-state index contributed by atoms with van der Waals surface area (Å²) in [5.41, 5.74) is 0. The van der Waals surface area contributed by atoms with Crippen LogP contribution in [0.2, 0.25) is 0 Å². The highest BCUT2D eigenvalue weighted by Crippen LogP contribution is 2.21. The van der Waals surface area contributed by atoms with Crippen molar-refractivity contribution < 1.29 is 14.0 Å². The van der Waals surface area contributed by atoms with Crippen LogP contribution in [0.1, 0.15) is 51.2 Å². The lowest BCUT2D eigenvalue weighted by molar-refractivity contribution is -0.0337. The minimum Gasteiger partial charge on any atom is -0.381 e. The fourth-order valence-electron chi connectivity index (χ4n) is 3.62. The van der Waals surface area contributed by atoms with Gasteiger partial charge < -0.3 is 14.0 Å². The summed E-state index contributed by atoms with van der Waals surface area (Å²) in [6.07, 6.45) is 6.62. The summed E-state index contributed by atoms with van der Waals surface area (Å²) in [6.45, 7) is 9.04. The minimum absolute atomic E-state index is 0.337. The zero-order chi connectivity index (χ0) is 16.8. The standard InChI is InChI=1S/C18H31N3O3/c1-14(2)12-18-19-17(20-24-18)7-11-23-16-4-3-8-21(13-16)15-5-9-22-10-6-15/h14-16H,3-13H2,1-2H3. The molecule has 2 saturated heterocycles. The molecule has 0 radical (unpaired) electrons. The van der Waals surface area contributed by atoms with Crippen molar-refractivity contribution in [2.45, 2.75) is 64.5 Å². The third-order valence-electron chi connectivity index (χ3n) is 4.89. The lowest BCUT2D eigenvalue weighted by Crippen LogP contribution is -2.47. The highest BCUT2D eigenvalue weighted by atomic mass is 16.5. The summed E-state index contributed by atoms with van der Waals surface area (Å²) < 4.78 is 16.9. The molecule has 1 unspecified atom stereocenters. The number of ether oxygens (including phenoxy) is 2. The topological polar surface area (TPSA) is 60.6 Å². The average molecular weight is 337 g/mol. The zero-order valence-electron chi connectivity index (χ0n) is 15.1. The van der Waals surface area contributed by atoms with Crippen molar-refractivity contribution in [3.8, 4) is 0 Å². The van der Waals surface area contributed by atoms with Crippen LogP contribution >= 0.6 is 0 Å². The maximum atomic E-state index is 6.10. The quantitative estimate of drug-likeness (QED) is 0.762. The van der Waals surface area contributed by atoms with Gasteiger partial charge in [0.25, 0.3) is 0 Å². The number of piperidine rings is 1. The van der Waals surface area contributed by atoms with Gasteiger partial charge in [0.15, 0.2) is 5.82 Å². The van der Waals surface area contributed by atoms with Gasteiger partial charge in [-0.25, -0.2) is 0 Å². The molecule has 1 aromatic heterocycles. The van der Waals surface area contributed by atoms with Gasteiger partial charge in [0, 0.05) is 38.6 Å². The first-order chi connectivity index (χ1) is 11.7. The van der Waals surface area contributed by atoms with Gasteiger partial charge in [-0.1, -0.05) is 19.0 Å². The fraction of sp³-hybridized carbons (Fsp3) is 0.889. The molecule has 2 fully saturated rings. The van der Waals surface area contributed by atoms with Crippen LogP contribution in [0, 0.1) is 5.92 Å². The van der Waals surface area contributed by atoms with E-state index in [4.69, 9.17) is 14.0 Å². The van der Waals surface area contributed by atoms with Crippen LogP contribution in [0.4, 0.5) is 0 Å². The first-order valence-electron chi connectivity index (χ1n) is 9.45. The Balaban J connectivity index is 1.39. The Hall–Kier alpha value is -0.980. The van der Waals surface area contributed by atoms with Gasteiger partial charge in [-0.15, -0.1) is 0 Å². The highest BCUT2D eigenvalue weighted by Gasteiger charge is 2.27. The lowest BCUT2D eigenvalue weighted by Gasteiger charge is -2.39.